The summed E-state index contributed by atoms with van der Waals surface area (Å²) >= 11 is 1.15. The number of allylic oxidation sites excluding steroid dienone is 1. The number of aromatic nitrogens is 3. The van der Waals surface area contributed by atoms with Crippen LogP contribution in [0.5, 0.6) is 5.88 Å². The molecule has 4 amide bonds. The second-order valence-corrected chi connectivity index (χ2v) is 18.3. The van der Waals surface area contributed by atoms with E-state index in [1.165, 1.54) is 17.0 Å². The standard InChI is InChI=1S/C38H44FN7O7S2/c1-21-18-38(36(50)45-55(51,52)37(4)15-16-37)25(21)11-8-6-5-7-9-13-28(42-33(48)31-22(2)40-20-54-31)35(49)46-19-24(17-29(46)32(47)44-38)53-34-23(3)41-27-14-10-12-26(39)30(27)43-34/h8,10-12,14,20,24-25,28-29H,1,5-7,9,13,15-19H2,2-4H3,(H,42,48)(H,44,47)(H,45,50). The Hall–Kier alpha value is -4.77. The molecule has 55 heavy (non-hydrogen) atoms. The third kappa shape index (κ3) is 7.35. The van der Waals surface area contributed by atoms with Crippen LogP contribution in [0.25, 0.3) is 11.0 Å². The predicted octanol–water partition coefficient (Wildman–Crippen LogP) is 3.94. The first-order chi connectivity index (χ1) is 26.1. The highest BCUT2D eigenvalue weighted by molar-refractivity contribution is 7.91. The number of sulfonamides is 1. The van der Waals surface area contributed by atoms with Crippen LogP contribution in [-0.4, -0.2) is 86.9 Å². The SMILES string of the molecule is C=C1CC2(C(=O)NS(=O)(=O)C3(C)CC3)NC(=O)C3CC(Oc4nc5c(F)cccc5nc4C)CN3C(=O)C(NC(=O)c3scnc3C)CCCCCC=CC12. The molecule has 17 heteroatoms. The molecule has 4 aliphatic rings. The number of benzene rings is 1. The summed E-state index contributed by atoms with van der Waals surface area (Å²) in [5.74, 6) is -3.85. The molecular weight excluding hydrogens is 750 g/mol. The number of nitrogens with one attached hydrogen (secondary N) is 3. The lowest BCUT2D eigenvalue weighted by molar-refractivity contribution is -0.143. The van der Waals surface area contributed by atoms with Gasteiger partial charge in [-0.2, -0.15) is 0 Å². The molecule has 5 unspecified atom stereocenters. The summed E-state index contributed by atoms with van der Waals surface area (Å²) in [7, 11) is -4.07. The first kappa shape index (κ1) is 38.5. The highest BCUT2D eigenvalue weighted by Gasteiger charge is 2.59. The maximum Gasteiger partial charge on any atom is 0.263 e. The molecular formula is C38H44FN7O7S2. The summed E-state index contributed by atoms with van der Waals surface area (Å²) in [5, 5.41) is 5.76. The summed E-state index contributed by atoms with van der Waals surface area (Å²) in [6.07, 6.45) is 6.57. The number of hydrogen-bond donors (Lipinski definition) is 3. The van der Waals surface area contributed by atoms with E-state index in [1.54, 1.807) is 38.4 Å². The number of amides is 4. The van der Waals surface area contributed by atoms with E-state index in [0.29, 0.717) is 59.5 Å². The molecule has 2 aromatic heterocycles. The van der Waals surface area contributed by atoms with E-state index in [0.717, 1.165) is 24.2 Å². The minimum absolute atomic E-state index is 0.00169. The second kappa shape index (κ2) is 14.7. The van der Waals surface area contributed by atoms with E-state index in [2.05, 4.69) is 36.9 Å². The van der Waals surface area contributed by atoms with Gasteiger partial charge in [-0.1, -0.05) is 43.2 Å². The molecule has 5 atom stereocenters. The number of rotatable bonds is 7. The van der Waals surface area contributed by atoms with E-state index in [-0.39, 0.29) is 30.8 Å². The Morgan fingerprint density at radius 2 is 1.91 bits per heavy atom. The Morgan fingerprint density at radius 1 is 1.13 bits per heavy atom. The van der Waals surface area contributed by atoms with Crippen molar-refractivity contribution in [3.8, 4) is 5.88 Å². The average molecular weight is 794 g/mol. The van der Waals surface area contributed by atoms with Crippen LogP contribution in [0.3, 0.4) is 0 Å². The molecule has 0 spiro atoms. The van der Waals surface area contributed by atoms with Gasteiger partial charge in [0.25, 0.3) is 11.8 Å². The lowest BCUT2D eigenvalue weighted by Crippen LogP contribution is -2.71. The molecule has 7 rings (SSSR count). The number of carbonyl (C=O) groups is 4. The van der Waals surface area contributed by atoms with Crippen LogP contribution in [0.15, 0.2) is 48.0 Å². The van der Waals surface area contributed by atoms with Crippen LogP contribution in [0.4, 0.5) is 4.39 Å². The Kier molecular flexibility index (Phi) is 10.3. The fourth-order valence-electron chi connectivity index (χ4n) is 7.56. The first-order valence-corrected chi connectivity index (χ1v) is 20.8. The number of halogens is 1. The Balaban J connectivity index is 1.23. The van der Waals surface area contributed by atoms with E-state index in [1.807, 2.05) is 6.08 Å². The summed E-state index contributed by atoms with van der Waals surface area (Å²) in [6.45, 7) is 8.92. The molecule has 0 radical (unpaired) electrons. The fraction of sp³-hybridized carbons (Fsp3) is 0.500. The number of fused-ring (bicyclic) bond motifs is 3. The Morgan fingerprint density at radius 3 is 2.62 bits per heavy atom. The molecule has 1 aromatic carbocycles. The first-order valence-electron chi connectivity index (χ1n) is 18.5. The van der Waals surface area contributed by atoms with Crippen LogP contribution >= 0.6 is 11.3 Å². The van der Waals surface area contributed by atoms with Crippen molar-refractivity contribution in [2.75, 3.05) is 6.54 Å². The molecule has 4 heterocycles. The fourth-order valence-corrected chi connectivity index (χ4v) is 9.58. The molecule has 3 aromatic rings. The van der Waals surface area contributed by atoms with Crippen LogP contribution in [0.2, 0.25) is 0 Å². The number of carbonyl (C=O) groups excluding carboxylic acids is 4. The number of nitrogens with zero attached hydrogens (tertiary/aromatic N) is 4. The van der Waals surface area contributed by atoms with E-state index >= 15 is 0 Å². The van der Waals surface area contributed by atoms with Crippen molar-refractivity contribution >= 4 is 56.0 Å². The maximum atomic E-state index is 14.7. The van der Waals surface area contributed by atoms with Gasteiger partial charge in [0.15, 0.2) is 5.82 Å². The predicted molar refractivity (Wildman–Crippen MR) is 202 cm³/mol. The third-order valence-corrected chi connectivity index (χ3v) is 14.3. The molecule has 1 saturated heterocycles. The van der Waals surface area contributed by atoms with Crippen LogP contribution in [0.1, 0.15) is 85.8 Å². The highest BCUT2D eigenvalue weighted by Crippen LogP contribution is 2.47. The molecule has 2 saturated carbocycles. The van der Waals surface area contributed by atoms with E-state index in [9.17, 15) is 32.0 Å². The second-order valence-electron chi connectivity index (χ2n) is 15.2. The number of hydrogen-bond acceptors (Lipinski definition) is 11. The smallest absolute Gasteiger partial charge is 0.263 e. The van der Waals surface area contributed by atoms with E-state index < -0.39 is 73.9 Å². The number of para-hydroxylation sites is 1. The highest BCUT2D eigenvalue weighted by atomic mass is 32.2. The van der Waals surface area contributed by atoms with Crippen LogP contribution in [-0.2, 0) is 24.4 Å². The zero-order valence-electron chi connectivity index (χ0n) is 30.9. The van der Waals surface area contributed by atoms with Crippen molar-refractivity contribution in [2.45, 2.75) is 107 Å². The van der Waals surface area contributed by atoms with Crippen LogP contribution < -0.4 is 20.1 Å². The zero-order chi connectivity index (χ0) is 39.3. The maximum absolute atomic E-state index is 14.7. The molecule has 2 aliphatic carbocycles. The Labute approximate surface area is 322 Å². The normalized spacial score (nSPS) is 26.8. The third-order valence-electron chi connectivity index (χ3n) is 11.2. The zero-order valence-corrected chi connectivity index (χ0v) is 32.5. The summed E-state index contributed by atoms with van der Waals surface area (Å²) in [5.41, 5.74) is 1.71. The van der Waals surface area contributed by atoms with Crippen molar-refractivity contribution < 1.29 is 36.7 Å². The molecule has 14 nitrogen and oxygen atoms in total. The van der Waals surface area contributed by atoms with Gasteiger partial charge in [0.1, 0.15) is 39.8 Å². The topological polar surface area (TPSA) is 190 Å². The van der Waals surface area contributed by atoms with Crippen molar-refractivity contribution in [1.29, 1.82) is 0 Å². The number of ether oxygens (including phenoxy) is 1. The van der Waals surface area contributed by atoms with Crippen molar-refractivity contribution in [2.24, 2.45) is 5.92 Å². The van der Waals surface area contributed by atoms with Crippen LogP contribution in [0, 0.1) is 25.6 Å². The number of aryl methyl sites for hydroxylation is 2. The minimum atomic E-state index is -4.07. The molecule has 292 valence electrons. The van der Waals surface area contributed by atoms with Gasteiger partial charge < -0.3 is 20.3 Å². The van der Waals surface area contributed by atoms with Crippen molar-refractivity contribution in [1.82, 2.24) is 35.2 Å². The summed E-state index contributed by atoms with van der Waals surface area (Å²) in [6, 6.07) is 2.18. The van der Waals surface area contributed by atoms with Gasteiger partial charge in [-0.15, -0.1) is 11.3 Å². The van der Waals surface area contributed by atoms with Crippen molar-refractivity contribution in [3.05, 3.63) is 70.1 Å². The Bertz CT molecular complexity index is 2220. The monoisotopic (exact) mass is 793 g/mol. The minimum Gasteiger partial charge on any atom is -0.471 e. The van der Waals surface area contributed by atoms with Gasteiger partial charge >= 0.3 is 0 Å². The van der Waals surface area contributed by atoms with Gasteiger partial charge in [-0.25, -0.2) is 27.8 Å². The molecule has 3 fully saturated rings. The van der Waals surface area contributed by atoms with Gasteiger partial charge in [0.05, 0.1) is 28.0 Å². The molecule has 0 bridgehead atoms. The molecule has 3 N–H and O–H groups in total. The summed E-state index contributed by atoms with van der Waals surface area (Å²) in [4.78, 5) is 71.5. The summed E-state index contributed by atoms with van der Waals surface area (Å²) < 4.78 is 48.7. The van der Waals surface area contributed by atoms with Crippen molar-refractivity contribution in [3.63, 3.8) is 0 Å². The van der Waals surface area contributed by atoms with Gasteiger partial charge in [0.2, 0.25) is 27.7 Å². The largest absolute Gasteiger partial charge is 0.471 e. The quantitative estimate of drug-likeness (QED) is 0.296. The molecule has 2 aliphatic heterocycles. The number of thiazole rings is 1. The van der Waals surface area contributed by atoms with Gasteiger partial charge in [0, 0.05) is 18.8 Å². The van der Waals surface area contributed by atoms with Gasteiger partial charge in [-0.3, -0.25) is 23.9 Å². The van der Waals surface area contributed by atoms with Gasteiger partial charge in [-0.05, 0) is 65.0 Å². The van der Waals surface area contributed by atoms with E-state index in [4.69, 9.17) is 4.74 Å². The lowest BCUT2D eigenvalue weighted by atomic mass is 9.62. The lowest BCUT2D eigenvalue weighted by Gasteiger charge is -2.49. The average Bonchev–Trinajstić information content (AvgIpc) is 3.53.